The first kappa shape index (κ1) is 32.0. The topological polar surface area (TPSA) is 3.24 Å². The first-order chi connectivity index (χ1) is 26.8. The van der Waals surface area contributed by atoms with Gasteiger partial charge in [-0.2, -0.15) is 0 Å². The van der Waals surface area contributed by atoms with Gasteiger partial charge in [0.1, 0.15) is 0 Å². The van der Waals surface area contributed by atoms with Crippen molar-refractivity contribution in [2.45, 2.75) is 0 Å². The molecule has 0 bridgehead atoms. The van der Waals surface area contributed by atoms with E-state index in [0.717, 1.165) is 17.1 Å². The van der Waals surface area contributed by atoms with Gasteiger partial charge in [0.25, 0.3) is 0 Å². The van der Waals surface area contributed by atoms with Crippen LogP contribution in [0.25, 0.3) is 75.5 Å². The molecule has 0 N–H and O–H groups in total. The lowest BCUT2D eigenvalue weighted by Crippen LogP contribution is -2.11. The highest BCUT2D eigenvalue weighted by atomic mass is 32.1. The molecule has 9 aromatic carbocycles. The largest absolute Gasteiger partial charge is 0.310 e. The van der Waals surface area contributed by atoms with Crippen LogP contribution in [-0.2, 0) is 0 Å². The highest BCUT2D eigenvalue weighted by Crippen LogP contribution is 2.43. The summed E-state index contributed by atoms with van der Waals surface area (Å²) in [6.07, 6.45) is 0. The number of benzene rings is 9. The van der Waals surface area contributed by atoms with Gasteiger partial charge in [-0.3, -0.25) is 0 Å². The molecule has 54 heavy (non-hydrogen) atoms. The Bertz CT molecular complexity index is 2890. The van der Waals surface area contributed by atoms with E-state index in [1.54, 1.807) is 0 Å². The number of nitrogens with zero attached hydrogens (tertiary/aromatic N) is 1. The lowest BCUT2D eigenvalue weighted by molar-refractivity contribution is 1.28. The number of para-hydroxylation sites is 1. The lowest BCUT2D eigenvalue weighted by atomic mass is 9.98. The lowest BCUT2D eigenvalue weighted by Gasteiger charge is -2.28. The minimum Gasteiger partial charge on any atom is -0.310 e. The normalized spacial score (nSPS) is 11.3. The molecule has 0 aliphatic carbocycles. The summed E-state index contributed by atoms with van der Waals surface area (Å²) in [6.45, 7) is 0. The summed E-state index contributed by atoms with van der Waals surface area (Å²) in [4.78, 5) is 2.38. The molecule has 0 spiro atoms. The van der Waals surface area contributed by atoms with Crippen LogP contribution in [0.3, 0.4) is 0 Å². The molecule has 1 heterocycles. The Kier molecular flexibility index (Phi) is 8.09. The SMILES string of the molecule is c1ccc(-c2ccc(-c3ccc(N(c4ccc(-c5ccc6ccc7c8ccccc8sc7c6c5)cc4)c4ccccc4-c4ccccc4)cc3)cc2)cc1. The highest BCUT2D eigenvalue weighted by Gasteiger charge is 2.18. The van der Waals surface area contributed by atoms with Gasteiger partial charge < -0.3 is 4.90 Å². The van der Waals surface area contributed by atoms with Gasteiger partial charge in [0.05, 0.1) is 5.69 Å². The van der Waals surface area contributed by atoms with Crippen molar-refractivity contribution in [2.24, 2.45) is 0 Å². The van der Waals surface area contributed by atoms with Crippen molar-refractivity contribution >= 4 is 59.3 Å². The van der Waals surface area contributed by atoms with Gasteiger partial charge in [0.2, 0.25) is 0 Å². The Hall–Kier alpha value is -6.74. The van der Waals surface area contributed by atoms with E-state index in [-0.39, 0.29) is 0 Å². The van der Waals surface area contributed by atoms with Crippen LogP contribution in [0.2, 0.25) is 0 Å². The molecule has 1 nitrogen and oxygen atoms in total. The highest BCUT2D eigenvalue weighted by molar-refractivity contribution is 7.26. The smallest absolute Gasteiger partial charge is 0.0540 e. The summed E-state index contributed by atoms with van der Waals surface area (Å²) in [6, 6.07) is 77.0. The monoisotopic (exact) mass is 705 g/mol. The molecular weight excluding hydrogens is 671 g/mol. The zero-order valence-electron chi connectivity index (χ0n) is 29.6. The number of thiophene rings is 1. The van der Waals surface area contributed by atoms with Gasteiger partial charge in [0.15, 0.2) is 0 Å². The van der Waals surface area contributed by atoms with E-state index in [1.165, 1.54) is 75.5 Å². The van der Waals surface area contributed by atoms with Crippen LogP contribution in [0.4, 0.5) is 17.1 Å². The first-order valence-electron chi connectivity index (χ1n) is 18.4. The molecule has 0 unspecified atom stereocenters. The molecule has 0 fully saturated rings. The third-order valence-electron chi connectivity index (χ3n) is 10.5. The van der Waals surface area contributed by atoms with E-state index >= 15 is 0 Å². The number of rotatable bonds is 7. The zero-order valence-corrected chi connectivity index (χ0v) is 30.4. The Balaban J connectivity index is 1.04. The molecule has 10 aromatic rings. The molecule has 0 amide bonds. The van der Waals surface area contributed by atoms with Crippen LogP contribution in [0.1, 0.15) is 0 Å². The summed E-state index contributed by atoms with van der Waals surface area (Å²) < 4.78 is 2.69. The van der Waals surface area contributed by atoms with Crippen molar-refractivity contribution in [1.29, 1.82) is 0 Å². The van der Waals surface area contributed by atoms with E-state index < -0.39 is 0 Å². The molecule has 0 aliphatic heterocycles. The summed E-state index contributed by atoms with van der Waals surface area (Å²) in [7, 11) is 0. The van der Waals surface area contributed by atoms with Crippen molar-refractivity contribution in [3.8, 4) is 44.5 Å². The third-order valence-corrected chi connectivity index (χ3v) is 11.7. The average Bonchev–Trinajstić information content (AvgIpc) is 3.64. The Morgan fingerprint density at radius 3 is 1.46 bits per heavy atom. The van der Waals surface area contributed by atoms with E-state index in [4.69, 9.17) is 0 Å². The Morgan fingerprint density at radius 2 is 0.796 bits per heavy atom. The summed E-state index contributed by atoms with van der Waals surface area (Å²) in [5.74, 6) is 0. The van der Waals surface area contributed by atoms with E-state index in [2.05, 4.69) is 217 Å². The number of fused-ring (bicyclic) bond motifs is 5. The fourth-order valence-corrected chi connectivity index (χ4v) is 8.96. The molecule has 2 heteroatoms. The fraction of sp³-hybridized carbons (Fsp3) is 0. The van der Waals surface area contributed by atoms with Crippen LogP contribution in [0, 0.1) is 0 Å². The Labute approximate surface area is 319 Å². The van der Waals surface area contributed by atoms with Crippen molar-refractivity contribution in [3.63, 3.8) is 0 Å². The first-order valence-corrected chi connectivity index (χ1v) is 19.2. The van der Waals surface area contributed by atoms with Crippen LogP contribution < -0.4 is 4.90 Å². The maximum atomic E-state index is 2.38. The standard InChI is InChI=1S/C52H35NS/c1-3-11-36(12-4-1)37-19-21-38(22-20-37)39-25-30-44(31-26-39)53(50-17-9-7-15-46(50)41-13-5-2-6-14-41)45-32-27-40(28-33-45)43-24-23-42-29-34-48-47-16-8-10-18-51(47)54-52(48)49(42)35-43/h1-35H. The van der Waals surface area contributed by atoms with Crippen molar-refractivity contribution in [2.75, 3.05) is 4.90 Å². The molecule has 0 radical (unpaired) electrons. The molecule has 0 saturated carbocycles. The molecule has 0 aliphatic rings. The molecule has 10 rings (SSSR count). The van der Waals surface area contributed by atoms with Gasteiger partial charge in [-0.05, 0) is 86.8 Å². The van der Waals surface area contributed by atoms with Gasteiger partial charge in [-0.15, -0.1) is 11.3 Å². The van der Waals surface area contributed by atoms with Gasteiger partial charge in [-0.1, -0.05) is 170 Å². The van der Waals surface area contributed by atoms with Crippen LogP contribution in [-0.4, -0.2) is 0 Å². The summed E-state index contributed by atoms with van der Waals surface area (Å²) in [5.41, 5.74) is 13.0. The molecule has 1 aromatic heterocycles. The maximum Gasteiger partial charge on any atom is 0.0540 e. The minimum atomic E-state index is 1.11. The van der Waals surface area contributed by atoms with Crippen LogP contribution in [0.5, 0.6) is 0 Å². The molecule has 0 atom stereocenters. The third kappa shape index (κ3) is 5.84. The summed E-state index contributed by atoms with van der Waals surface area (Å²) >= 11 is 1.89. The second-order valence-corrected chi connectivity index (χ2v) is 14.8. The van der Waals surface area contributed by atoms with Gasteiger partial charge in [0, 0.05) is 42.5 Å². The van der Waals surface area contributed by atoms with Crippen molar-refractivity contribution in [1.82, 2.24) is 0 Å². The van der Waals surface area contributed by atoms with E-state index in [0.29, 0.717) is 0 Å². The Morgan fingerprint density at radius 1 is 0.315 bits per heavy atom. The van der Waals surface area contributed by atoms with Crippen molar-refractivity contribution < 1.29 is 0 Å². The maximum absolute atomic E-state index is 2.38. The second-order valence-electron chi connectivity index (χ2n) is 13.7. The predicted octanol–water partition coefficient (Wildman–Crippen LogP) is 15.3. The van der Waals surface area contributed by atoms with Crippen molar-refractivity contribution in [3.05, 3.63) is 212 Å². The van der Waals surface area contributed by atoms with Crippen LogP contribution >= 0.6 is 11.3 Å². The van der Waals surface area contributed by atoms with Gasteiger partial charge >= 0.3 is 0 Å². The molecule has 0 saturated heterocycles. The quantitative estimate of drug-likeness (QED) is 0.160. The fourth-order valence-electron chi connectivity index (χ4n) is 7.73. The number of hydrogen-bond acceptors (Lipinski definition) is 2. The van der Waals surface area contributed by atoms with Crippen LogP contribution in [0.15, 0.2) is 212 Å². The molecular formula is C52H35NS. The van der Waals surface area contributed by atoms with E-state index in [9.17, 15) is 0 Å². The number of hydrogen-bond donors (Lipinski definition) is 0. The summed E-state index contributed by atoms with van der Waals surface area (Å²) in [5, 5.41) is 5.25. The second kappa shape index (κ2) is 13.7. The van der Waals surface area contributed by atoms with Gasteiger partial charge in [-0.25, -0.2) is 0 Å². The average molecular weight is 706 g/mol. The zero-order chi connectivity index (χ0) is 35.8. The minimum absolute atomic E-state index is 1.11. The molecule has 254 valence electrons. The van der Waals surface area contributed by atoms with E-state index in [1.807, 2.05) is 11.3 Å². The number of anilines is 3. The predicted molar refractivity (Wildman–Crippen MR) is 233 cm³/mol.